The van der Waals surface area contributed by atoms with Gasteiger partial charge in [0.25, 0.3) is 0 Å². The van der Waals surface area contributed by atoms with Gasteiger partial charge in [-0.2, -0.15) is 0 Å². The van der Waals surface area contributed by atoms with Crippen LogP contribution in [0.4, 0.5) is 0 Å². The van der Waals surface area contributed by atoms with E-state index in [9.17, 15) is 5.21 Å². The summed E-state index contributed by atoms with van der Waals surface area (Å²) >= 11 is 0. The summed E-state index contributed by atoms with van der Waals surface area (Å²) in [5.74, 6) is 0. The monoisotopic (exact) mass is 236 g/mol. The Morgan fingerprint density at radius 1 is 0.889 bits per heavy atom. The maximum atomic E-state index is 11.4. The second-order valence-corrected chi connectivity index (χ2v) is 4.32. The van der Waals surface area contributed by atoms with Crippen LogP contribution in [-0.4, -0.2) is 5.16 Å². The highest BCUT2D eigenvalue weighted by Crippen LogP contribution is 2.25. The zero-order chi connectivity index (χ0) is 12.1. The highest BCUT2D eigenvalue weighted by molar-refractivity contribution is 6.02. The van der Waals surface area contributed by atoms with Crippen molar-refractivity contribution in [3.05, 3.63) is 53.7 Å². The smallest absolute Gasteiger partial charge is 0.249 e. The standard InChI is InChI=1S/C14H8N2O2/c17-16-14-8-12-6-10-4-2-1-3-9(10)5-11(12)7-13(14)15-18-16/h1-8H. The van der Waals surface area contributed by atoms with Crippen molar-refractivity contribution in [2.75, 3.05) is 0 Å². The summed E-state index contributed by atoms with van der Waals surface area (Å²) in [5, 5.41) is 19.5. The lowest BCUT2D eigenvalue weighted by atomic mass is 10.0. The van der Waals surface area contributed by atoms with Gasteiger partial charge < -0.3 is 5.21 Å². The Hall–Kier alpha value is -2.62. The van der Waals surface area contributed by atoms with Gasteiger partial charge in [-0.15, -0.1) is 0 Å². The molecule has 0 N–H and O–H groups in total. The second kappa shape index (κ2) is 3.20. The maximum absolute atomic E-state index is 11.4. The third-order valence-electron chi connectivity index (χ3n) is 3.21. The number of rotatable bonds is 0. The first-order valence-corrected chi connectivity index (χ1v) is 5.63. The van der Waals surface area contributed by atoms with Crippen LogP contribution in [-0.2, 0) is 0 Å². The molecule has 4 nitrogen and oxygen atoms in total. The molecule has 0 atom stereocenters. The highest BCUT2D eigenvalue weighted by Gasteiger charge is 2.10. The minimum Gasteiger partial charge on any atom is -0.359 e. The number of fused-ring (bicyclic) bond motifs is 3. The average Bonchev–Trinajstić information content (AvgIpc) is 2.75. The molecule has 0 bridgehead atoms. The van der Waals surface area contributed by atoms with Crippen molar-refractivity contribution in [2.24, 2.45) is 0 Å². The van der Waals surface area contributed by atoms with E-state index in [0.717, 1.165) is 16.2 Å². The molecule has 0 saturated heterocycles. The van der Waals surface area contributed by atoms with E-state index < -0.39 is 0 Å². The zero-order valence-electron chi connectivity index (χ0n) is 9.33. The Kier molecular flexibility index (Phi) is 1.67. The fraction of sp³-hybridized carbons (Fsp3) is 0. The third kappa shape index (κ3) is 1.20. The van der Waals surface area contributed by atoms with Crippen LogP contribution in [0.3, 0.4) is 0 Å². The van der Waals surface area contributed by atoms with Gasteiger partial charge in [0.15, 0.2) is 0 Å². The third-order valence-corrected chi connectivity index (χ3v) is 3.21. The van der Waals surface area contributed by atoms with Gasteiger partial charge in [0.1, 0.15) is 0 Å². The van der Waals surface area contributed by atoms with E-state index in [1.807, 2.05) is 18.2 Å². The van der Waals surface area contributed by atoms with Gasteiger partial charge in [-0.25, -0.2) is 0 Å². The van der Waals surface area contributed by atoms with Crippen LogP contribution in [0, 0.1) is 5.21 Å². The van der Waals surface area contributed by atoms with Gasteiger partial charge in [-0.1, -0.05) is 24.3 Å². The molecule has 1 heterocycles. The van der Waals surface area contributed by atoms with E-state index in [1.54, 1.807) is 6.07 Å². The predicted molar refractivity (Wildman–Crippen MR) is 68.0 cm³/mol. The number of hydrogen-bond donors (Lipinski definition) is 0. The van der Waals surface area contributed by atoms with Crippen LogP contribution in [0.25, 0.3) is 32.6 Å². The van der Waals surface area contributed by atoms with Crippen molar-refractivity contribution in [1.82, 2.24) is 5.16 Å². The molecule has 3 aromatic carbocycles. The van der Waals surface area contributed by atoms with Crippen molar-refractivity contribution in [2.45, 2.75) is 0 Å². The first kappa shape index (κ1) is 9.41. The summed E-state index contributed by atoms with van der Waals surface area (Å²) in [6, 6.07) is 16.0. The largest absolute Gasteiger partial charge is 0.359 e. The fourth-order valence-electron chi connectivity index (χ4n) is 2.31. The van der Waals surface area contributed by atoms with Crippen molar-refractivity contribution in [3.8, 4) is 0 Å². The van der Waals surface area contributed by atoms with Gasteiger partial charge in [0.2, 0.25) is 11.0 Å². The lowest BCUT2D eigenvalue weighted by Gasteiger charge is -2.00. The van der Waals surface area contributed by atoms with E-state index in [-0.39, 0.29) is 0 Å². The van der Waals surface area contributed by atoms with Crippen LogP contribution < -0.4 is 4.90 Å². The molecule has 0 aliphatic carbocycles. The summed E-state index contributed by atoms with van der Waals surface area (Å²) in [6.07, 6.45) is 0. The van der Waals surface area contributed by atoms with Crippen LogP contribution in [0.5, 0.6) is 0 Å². The van der Waals surface area contributed by atoms with Gasteiger partial charge in [-0.3, -0.25) is 4.63 Å². The van der Waals surface area contributed by atoms with Gasteiger partial charge >= 0.3 is 0 Å². The van der Waals surface area contributed by atoms with Crippen LogP contribution >= 0.6 is 0 Å². The molecular formula is C14H8N2O2. The van der Waals surface area contributed by atoms with E-state index in [2.05, 4.69) is 34.1 Å². The van der Waals surface area contributed by atoms with E-state index in [1.165, 1.54) is 5.39 Å². The lowest BCUT2D eigenvalue weighted by molar-refractivity contribution is -0.782. The zero-order valence-corrected chi connectivity index (χ0v) is 9.33. The first-order valence-electron chi connectivity index (χ1n) is 5.63. The Morgan fingerprint density at radius 2 is 1.56 bits per heavy atom. The molecule has 0 amide bonds. The molecule has 0 spiro atoms. The van der Waals surface area contributed by atoms with Gasteiger partial charge in [0.05, 0.1) is 0 Å². The molecule has 18 heavy (non-hydrogen) atoms. The Balaban J connectivity index is 2.21. The molecule has 4 heteroatoms. The molecule has 86 valence electrons. The predicted octanol–water partition coefficient (Wildman–Crippen LogP) is 2.77. The molecule has 0 aliphatic heterocycles. The molecule has 0 saturated carbocycles. The van der Waals surface area contributed by atoms with E-state index in [4.69, 9.17) is 0 Å². The van der Waals surface area contributed by atoms with Crippen molar-refractivity contribution in [1.29, 1.82) is 0 Å². The number of benzene rings is 3. The topological polar surface area (TPSA) is 53.0 Å². The van der Waals surface area contributed by atoms with Crippen LogP contribution in [0.1, 0.15) is 0 Å². The Morgan fingerprint density at radius 3 is 2.28 bits per heavy atom. The maximum Gasteiger partial charge on any atom is 0.249 e. The first-order chi connectivity index (χ1) is 8.81. The van der Waals surface area contributed by atoms with Crippen LogP contribution in [0.15, 0.2) is 53.2 Å². The Bertz CT molecular complexity index is 896. The molecule has 4 aromatic rings. The summed E-state index contributed by atoms with van der Waals surface area (Å²) in [5.41, 5.74) is 1.03. The lowest BCUT2D eigenvalue weighted by Crippen LogP contribution is -2.22. The minimum absolute atomic E-state index is 0.434. The van der Waals surface area contributed by atoms with Crippen molar-refractivity contribution in [3.63, 3.8) is 0 Å². The number of hydrogen-bond acceptors (Lipinski definition) is 3. The summed E-state index contributed by atoms with van der Waals surface area (Å²) in [4.78, 5) is 0.434. The molecule has 0 radical (unpaired) electrons. The van der Waals surface area contributed by atoms with Gasteiger partial charge in [-0.05, 0) is 38.6 Å². The normalized spacial score (nSPS) is 11.6. The van der Waals surface area contributed by atoms with Gasteiger partial charge in [0, 0.05) is 17.3 Å². The Labute approximate surface area is 102 Å². The summed E-state index contributed by atoms with van der Waals surface area (Å²) in [6.45, 7) is 0. The molecule has 1 aromatic heterocycles. The molecular weight excluding hydrogens is 228 g/mol. The molecule has 0 unspecified atom stereocenters. The number of aromatic nitrogens is 2. The average molecular weight is 236 g/mol. The van der Waals surface area contributed by atoms with Crippen LogP contribution in [0.2, 0.25) is 0 Å². The number of nitrogens with zero attached hydrogens (tertiary/aromatic N) is 2. The molecule has 0 aliphatic rings. The summed E-state index contributed by atoms with van der Waals surface area (Å²) in [7, 11) is 0. The highest BCUT2D eigenvalue weighted by atomic mass is 16.8. The SMILES string of the molecule is [O-][n+]1onc2cc3cc4ccccc4cc3cc21. The molecule has 4 rings (SSSR count). The van der Waals surface area contributed by atoms with E-state index >= 15 is 0 Å². The fourth-order valence-corrected chi connectivity index (χ4v) is 2.31. The minimum atomic E-state index is 0.434. The van der Waals surface area contributed by atoms with Crippen molar-refractivity contribution < 1.29 is 9.53 Å². The van der Waals surface area contributed by atoms with Crippen molar-refractivity contribution >= 4 is 32.6 Å². The molecule has 0 fully saturated rings. The van der Waals surface area contributed by atoms with E-state index in [0.29, 0.717) is 15.9 Å². The summed E-state index contributed by atoms with van der Waals surface area (Å²) < 4.78 is 4.59. The quantitative estimate of drug-likeness (QED) is 0.348. The second-order valence-electron chi connectivity index (χ2n) is 4.32.